The Labute approximate surface area is 148 Å². The van der Waals surface area contributed by atoms with Crippen LogP contribution in [0.1, 0.15) is 11.1 Å². The lowest BCUT2D eigenvalue weighted by Crippen LogP contribution is -2.25. The first-order valence-corrected chi connectivity index (χ1v) is 9.55. The molecule has 0 aliphatic carbocycles. The number of hydrogen-bond acceptors (Lipinski definition) is 5. The molecule has 0 saturated heterocycles. The van der Waals surface area contributed by atoms with Gasteiger partial charge in [0, 0.05) is 19.2 Å². The van der Waals surface area contributed by atoms with Gasteiger partial charge in [0.1, 0.15) is 13.2 Å². The number of hydrogen-bond donors (Lipinski definition) is 1. The molecule has 0 spiro atoms. The highest BCUT2D eigenvalue weighted by molar-refractivity contribution is 7.89. The van der Waals surface area contributed by atoms with Gasteiger partial charge in [-0.2, -0.15) is 0 Å². The summed E-state index contributed by atoms with van der Waals surface area (Å²) in [4.78, 5) is 2.22. The number of nitrogens with zero attached hydrogens (tertiary/aromatic N) is 1. The summed E-state index contributed by atoms with van der Waals surface area (Å²) in [6.07, 6.45) is 0. The summed E-state index contributed by atoms with van der Waals surface area (Å²) in [7, 11) is 0.328. The molecule has 25 heavy (non-hydrogen) atoms. The Kier molecular flexibility index (Phi) is 5.27. The van der Waals surface area contributed by atoms with Crippen LogP contribution in [0.5, 0.6) is 11.5 Å². The number of benzene rings is 2. The second kappa shape index (κ2) is 7.43. The van der Waals surface area contributed by atoms with E-state index < -0.39 is 10.0 Å². The summed E-state index contributed by atoms with van der Waals surface area (Å²) in [6.45, 7) is 1.88. The first-order chi connectivity index (χ1) is 12.0. The molecule has 1 aliphatic rings. The van der Waals surface area contributed by atoms with E-state index >= 15 is 0 Å². The molecule has 0 amide bonds. The molecule has 1 heterocycles. The average Bonchev–Trinajstić information content (AvgIpc) is 2.60. The van der Waals surface area contributed by atoms with Crippen molar-refractivity contribution in [2.45, 2.75) is 18.0 Å². The Morgan fingerprint density at radius 1 is 1.00 bits per heavy atom. The molecule has 0 atom stereocenters. The van der Waals surface area contributed by atoms with Crippen LogP contribution >= 0.6 is 0 Å². The third kappa shape index (κ3) is 4.31. The van der Waals surface area contributed by atoms with Crippen molar-refractivity contribution in [2.75, 3.05) is 27.3 Å². The van der Waals surface area contributed by atoms with Crippen LogP contribution in [0, 0.1) is 0 Å². The van der Waals surface area contributed by atoms with Crippen molar-refractivity contribution >= 4 is 10.0 Å². The molecule has 1 aliphatic heterocycles. The van der Waals surface area contributed by atoms with E-state index in [-0.39, 0.29) is 11.4 Å². The minimum Gasteiger partial charge on any atom is -0.486 e. The maximum Gasteiger partial charge on any atom is 0.241 e. The maximum absolute atomic E-state index is 12.6. The normalized spacial score (nSPS) is 13.9. The van der Waals surface area contributed by atoms with Gasteiger partial charge in [-0.3, -0.25) is 0 Å². The minimum absolute atomic E-state index is 0.168. The van der Waals surface area contributed by atoms with Gasteiger partial charge in [0.2, 0.25) is 10.0 Å². The van der Waals surface area contributed by atoms with Crippen LogP contribution in [0.2, 0.25) is 0 Å². The Hall–Kier alpha value is -2.09. The van der Waals surface area contributed by atoms with Gasteiger partial charge in [0.25, 0.3) is 0 Å². The van der Waals surface area contributed by atoms with Gasteiger partial charge < -0.3 is 14.4 Å². The van der Waals surface area contributed by atoms with Gasteiger partial charge in [-0.1, -0.05) is 24.3 Å². The van der Waals surface area contributed by atoms with E-state index in [1.165, 1.54) is 12.1 Å². The zero-order valence-corrected chi connectivity index (χ0v) is 15.2. The summed E-state index contributed by atoms with van der Waals surface area (Å²) < 4.78 is 38.8. The maximum atomic E-state index is 12.6. The van der Waals surface area contributed by atoms with Crippen LogP contribution in [-0.4, -0.2) is 40.6 Å². The molecule has 6 nitrogen and oxygen atoms in total. The highest BCUT2D eigenvalue weighted by atomic mass is 32.2. The van der Waals surface area contributed by atoms with E-state index in [1.54, 1.807) is 6.07 Å². The topological polar surface area (TPSA) is 67.9 Å². The van der Waals surface area contributed by atoms with Crippen molar-refractivity contribution in [3.63, 3.8) is 0 Å². The Morgan fingerprint density at radius 3 is 2.40 bits per heavy atom. The van der Waals surface area contributed by atoms with Crippen LogP contribution in [0.15, 0.2) is 47.4 Å². The summed E-state index contributed by atoms with van der Waals surface area (Å²) >= 11 is 0. The zero-order valence-electron chi connectivity index (χ0n) is 14.4. The van der Waals surface area contributed by atoms with E-state index in [1.807, 2.05) is 43.3 Å². The summed E-state index contributed by atoms with van der Waals surface area (Å²) in [6, 6.07) is 12.5. The Balaban J connectivity index is 1.77. The summed E-state index contributed by atoms with van der Waals surface area (Å²) in [5, 5.41) is 0. The van der Waals surface area contributed by atoms with Crippen molar-refractivity contribution < 1.29 is 17.9 Å². The SMILES string of the molecule is CN(C)Cc1ccccc1CNS(=O)(=O)c1ccc2c(c1)OCCO2. The number of sulfonamides is 1. The van der Waals surface area contributed by atoms with E-state index in [0.717, 1.165) is 17.7 Å². The lowest BCUT2D eigenvalue weighted by molar-refractivity contribution is 0.171. The van der Waals surface area contributed by atoms with Crippen molar-refractivity contribution in [1.29, 1.82) is 0 Å². The van der Waals surface area contributed by atoms with Crippen LogP contribution in [0.3, 0.4) is 0 Å². The molecule has 2 aromatic rings. The molecule has 3 rings (SSSR count). The van der Waals surface area contributed by atoms with E-state index in [2.05, 4.69) is 4.72 Å². The largest absolute Gasteiger partial charge is 0.486 e. The summed E-state index contributed by atoms with van der Waals surface area (Å²) in [5.74, 6) is 1.03. The fraction of sp³-hybridized carbons (Fsp3) is 0.333. The third-order valence-electron chi connectivity index (χ3n) is 3.88. The van der Waals surface area contributed by atoms with Crippen molar-refractivity contribution in [1.82, 2.24) is 9.62 Å². The van der Waals surface area contributed by atoms with Crippen molar-refractivity contribution in [3.05, 3.63) is 53.6 Å². The standard InChI is InChI=1S/C18H22N2O4S/c1-20(2)13-15-6-4-3-5-14(15)12-19-25(21,22)16-7-8-17-18(11-16)24-10-9-23-17/h3-8,11,19H,9-10,12-13H2,1-2H3. The van der Waals surface area contributed by atoms with E-state index in [9.17, 15) is 8.42 Å². The molecular weight excluding hydrogens is 340 g/mol. The third-order valence-corrected chi connectivity index (χ3v) is 5.28. The van der Waals surface area contributed by atoms with Crippen molar-refractivity contribution in [3.8, 4) is 11.5 Å². The molecular formula is C18H22N2O4S. The molecule has 7 heteroatoms. The van der Waals surface area contributed by atoms with E-state index in [0.29, 0.717) is 24.7 Å². The molecule has 2 aromatic carbocycles. The van der Waals surface area contributed by atoms with Gasteiger partial charge >= 0.3 is 0 Å². The minimum atomic E-state index is -3.64. The van der Waals surface area contributed by atoms with Gasteiger partial charge in [0.15, 0.2) is 11.5 Å². The second-order valence-corrected chi connectivity index (χ2v) is 7.90. The smallest absolute Gasteiger partial charge is 0.241 e. The highest BCUT2D eigenvalue weighted by Crippen LogP contribution is 2.32. The number of rotatable bonds is 6. The number of ether oxygens (including phenoxy) is 2. The molecule has 0 aromatic heterocycles. The van der Waals surface area contributed by atoms with Crippen LogP contribution in [0.4, 0.5) is 0 Å². The van der Waals surface area contributed by atoms with Crippen molar-refractivity contribution in [2.24, 2.45) is 0 Å². The predicted octanol–water partition coefficient (Wildman–Crippen LogP) is 2.00. The van der Waals surface area contributed by atoms with Gasteiger partial charge in [-0.25, -0.2) is 13.1 Å². The zero-order chi connectivity index (χ0) is 17.9. The fourth-order valence-corrected chi connectivity index (χ4v) is 3.69. The van der Waals surface area contributed by atoms with Gasteiger partial charge in [-0.05, 0) is 37.4 Å². The monoisotopic (exact) mass is 362 g/mol. The molecule has 0 fully saturated rings. The van der Waals surface area contributed by atoms with E-state index in [4.69, 9.17) is 9.47 Å². The molecule has 0 bridgehead atoms. The Morgan fingerprint density at radius 2 is 1.68 bits per heavy atom. The highest BCUT2D eigenvalue weighted by Gasteiger charge is 2.19. The van der Waals surface area contributed by atoms with Gasteiger partial charge in [0.05, 0.1) is 4.90 Å². The fourth-order valence-electron chi connectivity index (χ4n) is 2.67. The van der Waals surface area contributed by atoms with Crippen LogP contribution < -0.4 is 14.2 Å². The Bertz CT molecular complexity index is 850. The lowest BCUT2D eigenvalue weighted by atomic mass is 10.1. The average molecular weight is 362 g/mol. The predicted molar refractivity (Wildman–Crippen MR) is 95.3 cm³/mol. The lowest BCUT2D eigenvalue weighted by Gasteiger charge is -2.19. The van der Waals surface area contributed by atoms with Crippen LogP contribution in [-0.2, 0) is 23.1 Å². The number of fused-ring (bicyclic) bond motifs is 1. The molecule has 0 radical (unpaired) electrons. The first kappa shape index (κ1) is 17.7. The summed E-state index contributed by atoms with van der Waals surface area (Å²) in [5.41, 5.74) is 2.05. The first-order valence-electron chi connectivity index (χ1n) is 8.06. The molecule has 1 N–H and O–H groups in total. The molecule has 134 valence electrons. The number of nitrogens with one attached hydrogen (secondary N) is 1. The second-order valence-electron chi connectivity index (χ2n) is 6.14. The quantitative estimate of drug-likeness (QED) is 0.851. The molecule has 0 saturated carbocycles. The van der Waals surface area contributed by atoms with Crippen LogP contribution in [0.25, 0.3) is 0 Å². The van der Waals surface area contributed by atoms with Gasteiger partial charge in [-0.15, -0.1) is 0 Å². The molecule has 0 unspecified atom stereocenters.